The molecule has 1 aliphatic heterocycles. The van der Waals surface area contributed by atoms with Crippen molar-refractivity contribution in [3.63, 3.8) is 0 Å². The lowest BCUT2D eigenvalue weighted by atomic mass is 9.96. The summed E-state index contributed by atoms with van der Waals surface area (Å²) in [6, 6.07) is 7.62. The maximum absolute atomic E-state index is 12.4. The van der Waals surface area contributed by atoms with Crippen molar-refractivity contribution in [2.75, 3.05) is 19.7 Å². The van der Waals surface area contributed by atoms with Gasteiger partial charge in [-0.1, -0.05) is 23.4 Å². The summed E-state index contributed by atoms with van der Waals surface area (Å²) in [5.74, 6) is 1.24. The molecule has 2 aromatic rings. The van der Waals surface area contributed by atoms with Crippen LogP contribution in [0.25, 0.3) is 0 Å². The minimum Gasteiger partial charge on any atom is -0.483 e. The van der Waals surface area contributed by atoms with E-state index in [2.05, 4.69) is 10.5 Å². The molecule has 0 atom stereocenters. The topological polar surface area (TPSA) is 84.7 Å². The Kier molecular flexibility index (Phi) is 4.60. The van der Waals surface area contributed by atoms with Crippen LogP contribution in [0.4, 0.5) is 0 Å². The number of fused-ring (bicyclic) bond motifs is 2. The summed E-state index contributed by atoms with van der Waals surface area (Å²) in [7, 11) is 0. The molecule has 1 aromatic heterocycles. The standard InChI is InChI=1S/C19H21N3O4/c23-17-12-25-15-7-3-1-5-13(15)11-22(17)10-9-20-19(24)18-14-6-2-4-8-16(14)26-21-18/h1,3,5,7H,2,4,6,8-12H2,(H,20,24). The lowest BCUT2D eigenvalue weighted by molar-refractivity contribution is -0.133. The number of carbonyl (C=O) groups excluding carboxylic acids is 2. The second kappa shape index (κ2) is 7.19. The summed E-state index contributed by atoms with van der Waals surface area (Å²) >= 11 is 0. The van der Waals surface area contributed by atoms with Crippen LogP contribution in [0.3, 0.4) is 0 Å². The third-order valence-electron chi connectivity index (χ3n) is 4.87. The monoisotopic (exact) mass is 355 g/mol. The SMILES string of the molecule is O=C(NCCN1Cc2ccccc2OCC1=O)c1noc2c1CCCC2. The normalized spacial score (nSPS) is 16.3. The average Bonchev–Trinajstić information content (AvgIpc) is 3.03. The molecule has 0 radical (unpaired) electrons. The molecule has 7 nitrogen and oxygen atoms in total. The molecular formula is C19H21N3O4. The maximum Gasteiger partial charge on any atom is 0.273 e. The van der Waals surface area contributed by atoms with Crippen LogP contribution in [0.15, 0.2) is 28.8 Å². The first-order valence-corrected chi connectivity index (χ1v) is 8.96. The van der Waals surface area contributed by atoms with Gasteiger partial charge in [0, 0.05) is 37.2 Å². The van der Waals surface area contributed by atoms with Crippen LogP contribution in [0.1, 0.15) is 40.2 Å². The zero-order chi connectivity index (χ0) is 17.9. The number of para-hydroxylation sites is 1. The second-order valence-corrected chi connectivity index (χ2v) is 6.61. The lowest BCUT2D eigenvalue weighted by Crippen LogP contribution is -2.39. The first-order chi connectivity index (χ1) is 12.7. The van der Waals surface area contributed by atoms with E-state index in [0.29, 0.717) is 25.3 Å². The van der Waals surface area contributed by atoms with Gasteiger partial charge in [-0.05, 0) is 25.3 Å². The highest BCUT2D eigenvalue weighted by Crippen LogP contribution is 2.24. The summed E-state index contributed by atoms with van der Waals surface area (Å²) in [5, 5.41) is 6.79. The van der Waals surface area contributed by atoms with Crippen molar-refractivity contribution >= 4 is 11.8 Å². The molecule has 136 valence electrons. The molecule has 1 N–H and O–H groups in total. The number of carbonyl (C=O) groups is 2. The highest BCUT2D eigenvalue weighted by Gasteiger charge is 2.25. The van der Waals surface area contributed by atoms with Gasteiger partial charge in [0.15, 0.2) is 12.3 Å². The summed E-state index contributed by atoms with van der Waals surface area (Å²) in [6.45, 7) is 1.27. The third kappa shape index (κ3) is 3.29. The molecule has 2 aliphatic rings. The van der Waals surface area contributed by atoms with Gasteiger partial charge in [0.1, 0.15) is 11.5 Å². The molecule has 2 amide bonds. The van der Waals surface area contributed by atoms with E-state index >= 15 is 0 Å². The van der Waals surface area contributed by atoms with Crippen molar-refractivity contribution in [2.45, 2.75) is 32.2 Å². The van der Waals surface area contributed by atoms with E-state index in [1.165, 1.54) is 0 Å². The van der Waals surface area contributed by atoms with Crippen molar-refractivity contribution < 1.29 is 18.8 Å². The molecule has 0 saturated carbocycles. The number of nitrogens with zero attached hydrogens (tertiary/aromatic N) is 2. The number of aromatic nitrogens is 1. The molecule has 0 bridgehead atoms. The minimum absolute atomic E-state index is 0.0156. The Bertz CT molecular complexity index is 830. The lowest BCUT2D eigenvalue weighted by Gasteiger charge is -2.20. The molecule has 1 aromatic carbocycles. The highest BCUT2D eigenvalue weighted by atomic mass is 16.5. The van der Waals surface area contributed by atoms with Crippen LogP contribution in [0.5, 0.6) is 5.75 Å². The van der Waals surface area contributed by atoms with Gasteiger partial charge in [0.25, 0.3) is 11.8 Å². The zero-order valence-electron chi connectivity index (χ0n) is 14.5. The second-order valence-electron chi connectivity index (χ2n) is 6.61. The van der Waals surface area contributed by atoms with Crippen LogP contribution in [0.2, 0.25) is 0 Å². The number of hydrogen-bond acceptors (Lipinski definition) is 5. The van der Waals surface area contributed by atoms with Gasteiger partial charge in [-0.25, -0.2) is 0 Å². The van der Waals surface area contributed by atoms with Crippen LogP contribution in [0, 0.1) is 0 Å². The van der Waals surface area contributed by atoms with Gasteiger partial charge in [-0.3, -0.25) is 9.59 Å². The van der Waals surface area contributed by atoms with E-state index in [0.717, 1.165) is 48.3 Å². The molecule has 2 heterocycles. The quantitative estimate of drug-likeness (QED) is 0.902. The first kappa shape index (κ1) is 16.6. The van der Waals surface area contributed by atoms with Crippen molar-refractivity contribution in [3.8, 4) is 5.75 Å². The smallest absolute Gasteiger partial charge is 0.273 e. The number of benzene rings is 1. The fourth-order valence-corrected chi connectivity index (χ4v) is 3.45. The molecule has 0 unspecified atom stereocenters. The Balaban J connectivity index is 1.36. The average molecular weight is 355 g/mol. The Morgan fingerprint density at radius 3 is 3.00 bits per heavy atom. The molecular weight excluding hydrogens is 334 g/mol. The van der Waals surface area contributed by atoms with E-state index in [1.54, 1.807) is 4.90 Å². The van der Waals surface area contributed by atoms with Gasteiger partial charge in [-0.2, -0.15) is 0 Å². The van der Waals surface area contributed by atoms with Crippen LogP contribution in [-0.4, -0.2) is 41.6 Å². The number of amides is 2. The summed E-state index contributed by atoms with van der Waals surface area (Å²) < 4.78 is 10.8. The van der Waals surface area contributed by atoms with Crippen LogP contribution >= 0.6 is 0 Å². The third-order valence-corrected chi connectivity index (χ3v) is 4.87. The van der Waals surface area contributed by atoms with E-state index in [1.807, 2.05) is 24.3 Å². The molecule has 4 rings (SSSR count). The number of rotatable bonds is 4. The van der Waals surface area contributed by atoms with Gasteiger partial charge in [0.2, 0.25) is 0 Å². The Morgan fingerprint density at radius 1 is 1.23 bits per heavy atom. The number of ether oxygens (including phenoxy) is 1. The van der Waals surface area contributed by atoms with Crippen molar-refractivity contribution in [2.24, 2.45) is 0 Å². The number of aryl methyl sites for hydroxylation is 1. The molecule has 26 heavy (non-hydrogen) atoms. The van der Waals surface area contributed by atoms with Gasteiger partial charge in [0.05, 0.1) is 0 Å². The maximum atomic E-state index is 12.4. The number of hydrogen-bond donors (Lipinski definition) is 1. The van der Waals surface area contributed by atoms with E-state index < -0.39 is 0 Å². The summed E-state index contributed by atoms with van der Waals surface area (Å²) in [6.07, 6.45) is 3.80. The summed E-state index contributed by atoms with van der Waals surface area (Å²) in [5.41, 5.74) is 2.28. The zero-order valence-corrected chi connectivity index (χ0v) is 14.5. The summed E-state index contributed by atoms with van der Waals surface area (Å²) in [4.78, 5) is 26.3. The van der Waals surface area contributed by atoms with E-state index in [-0.39, 0.29) is 18.4 Å². The molecule has 0 saturated heterocycles. The van der Waals surface area contributed by atoms with Crippen LogP contribution < -0.4 is 10.1 Å². The fourth-order valence-electron chi connectivity index (χ4n) is 3.45. The highest BCUT2D eigenvalue weighted by molar-refractivity contribution is 5.93. The Labute approximate surface area is 151 Å². The minimum atomic E-state index is -0.240. The van der Waals surface area contributed by atoms with Crippen molar-refractivity contribution in [1.82, 2.24) is 15.4 Å². The van der Waals surface area contributed by atoms with E-state index in [4.69, 9.17) is 9.26 Å². The molecule has 7 heteroatoms. The van der Waals surface area contributed by atoms with Crippen molar-refractivity contribution in [3.05, 3.63) is 46.8 Å². The van der Waals surface area contributed by atoms with Gasteiger partial charge in [-0.15, -0.1) is 0 Å². The van der Waals surface area contributed by atoms with Gasteiger partial charge < -0.3 is 19.5 Å². The molecule has 0 spiro atoms. The van der Waals surface area contributed by atoms with Crippen LogP contribution in [-0.2, 0) is 24.2 Å². The predicted molar refractivity (Wildman–Crippen MR) is 92.8 cm³/mol. The largest absolute Gasteiger partial charge is 0.483 e. The fraction of sp³-hybridized carbons (Fsp3) is 0.421. The Hall–Kier alpha value is -2.83. The van der Waals surface area contributed by atoms with Crippen molar-refractivity contribution in [1.29, 1.82) is 0 Å². The Morgan fingerprint density at radius 2 is 2.08 bits per heavy atom. The molecule has 0 fully saturated rings. The van der Waals surface area contributed by atoms with Gasteiger partial charge >= 0.3 is 0 Å². The predicted octanol–water partition coefficient (Wildman–Crippen LogP) is 1.70. The number of nitrogens with one attached hydrogen (secondary N) is 1. The van der Waals surface area contributed by atoms with E-state index in [9.17, 15) is 9.59 Å². The molecule has 1 aliphatic carbocycles. The first-order valence-electron chi connectivity index (χ1n) is 8.96.